The van der Waals surface area contributed by atoms with E-state index in [1.807, 2.05) is 146 Å². The lowest BCUT2D eigenvalue weighted by Crippen LogP contribution is -1.92. The van der Waals surface area contributed by atoms with Crippen molar-refractivity contribution in [2.75, 3.05) is 0 Å². The molecule has 0 aromatic carbocycles. The average Bonchev–Trinajstić information content (AvgIpc) is 4.24. The van der Waals surface area contributed by atoms with Crippen LogP contribution in [0.2, 0.25) is 0 Å². The van der Waals surface area contributed by atoms with Crippen LogP contribution in [-0.4, -0.2) is 62.8 Å². The van der Waals surface area contributed by atoms with Crippen LogP contribution >= 0.6 is 34.4 Å². The summed E-state index contributed by atoms with van der Waals surface area (Å²) in [4.78, 5) is 16.6. The van der Waals surface area contributed by atoms with Crippen molar-refractivity contribution in [1.82, 2.24) is 62.8 Å². The third kappa shape index (κ3) is 20.9. The summed E-state index contributed by atoms with van der Waals surface area (Å²) >= 11 is 4.92. The number of hydrogen-bond acceptors (Lipinski definition) is 14. The summed E-state index contributed by atoms with van der Waals surface area (Å²) in [6.07, 6.45) is 0. The molecule has 0 N–H and O–H groups in total. The molecule has 18 heteroatoms. The number of nitrogens with zero attached hydrogens (tertiary/aromatic N) is 13. The predicted octanol–water partition coefficient (Wildman–Crippen LogP) is 14.8. The molecule has 76 heavy (non-hydrogen) atoms. The number of aromatic nitrogens is 13. The fourth-order valence-electron chi connectivity index (χ4n) is 6.37. The maximum Gasteiger partial charge on any atom is 0.191 e. The highest BCUT2D eigenvalue weighted by Crippen LogP contribution is 2.17. The van der Waals surface area contributed by atoms with Crippen molar-refractivity contribution in [3.05, 3.63) is 150 Å². The van der Waals surface area contributed by atoms with Crippen LogP contribution < -0.4 is 0 Å². The van der Waals surface area contributed by atoms with E-state index in [0.29, 0.717) is 0 Å². The van der Waals surface area contributed by atoms with Gasteiger partial charge >= 0.3 is 0 Å². The Kier molecular flexibility index (Phi) is 28.2. The topological polar surface area (TPSA) is 162 Å². The summed E-state index contributed by atoms with van der Waals surface area (Å²) in [6, 6.07) is 0. The van der Waals surface area contributed by atoms with Gasteiger partial charge < -0.3 is 13.5 Å². The van der Waals surface area contributed by atoms with Crippen LogP contribution in [0, 0.1) is 187 Å². The Morgan fingerprint density at radius 3 is 0.816 bits per heavy atom. The van der Waals surface area contributed by atoms with Crippen molar-refractivity contribution in [3.8, 4) is 0 Å². The lowest BCUT2D eigenvalue weighted by molar-refractivity contribution is 0.392. The summed E-state index contributed by atoms with van der Waals surface area (Å²) in [6.45, 7) is 54.9. The van der Waals surface area contributed by atoms with Gasteiger partial charge in [0.2, 0.25) is 0 Å². The van der Waals surface area contributed by atoms with Gasteiger partial charge in [-0.1, -0.05) is 5.16 Å². The SMILES string of the molecule is Cc1nc(C)c(C)o1.Cc1nc(C)c(C)s1.Cc1nc(C)n(C)c1C.Cc1nn(C)c(C)c1C.Cc1nn(C)c(C)c1C.Cc1nn(C)c(C)c1C.Cc1noc(C)c1C.Cc1nsc(C)c1C.Cc1nsc(C)c1C. The van der Waals surface area contributed by atoms with Crippen molar-refractivity contribution in [2.45, 2.75) is 187 Å². The second-order valence-corrected chi connectivity index (χ2v) is 22.6. The largest absolute Gasteiger partial charge is 0.446 e. The molecule has 0 radical (unpaired) electrons. The molecule has 0 aliphatic rings. The molecule has 9 aromatic heterocycles. The molecule has 420 valence electrons. The summed E-state index contributed by atoms with van der Waals surface area (Å²) in [5.41, 5.74) is 22.8. The molecule has 0 atom stereocenters. The monoisotopic (exact) mass is 1100 g/mol. The van der Waals surface area contributed by atoms with E-state index < -0.39 is 0 Å². The third-order valence-corrected chi connectivity index (χ3v) is 16.8. The summed E-state index contributed by atoms with van der Waals surface area (Å²) in [5, 5.41) is 17.6. The molecule has 9 heterocycles. The van der Waals surface area contributed by atoms with E-state index in [-0.39, 0.29) is 0 Å². The fourth-order valence-corrected chi connectivity index (χ4v) is 8.58. The molecule has 0 aliphatic carbocycles. The van der Waals surface area contributed by atoms with E-state index in [1.54, 1.807) is 34.4 Å². The van der Waals surface area contributed by atoms with Gasteiger partial charge in [0.05, 0.1) is 56.3 Å². The Balaban J connectivity index is 0.000000428. The Bertz CT molecular complexity index is 2650. The van der Waals surface area contributed by atoms with Crippen molar-refractivity contribution in [3.63, 3.8) is 0 Å². The standard InChI is InChI=1S/4C7H12N2.2C6H9NO.3C6H9NS/c1-5-6(2)9(4)7(3)8-5;3*1-5-6(2)8-9(4)7(5)3;1-4-5(2)8-6(3)7-4;1-4-5(2)7-8-6(4)3;1-4-5(2)8-6(3)7-4;2*1-4-5(2)7-8-6(4)3/h4*1-4H3;5*1-3H3. The normalized spacial score (nSPS) is 10.0. The van der Waals surface area contributed by atoms with Crippen LogP contribution in [-0.2, 0) is 28.2 Å². The van der Waals surface area contributed by atoms with Gasteiger partial charge in [0.25, 0.3) is 0 Å². The van der Waals surface area contributed by atoms with Crippen LogP contribution in [0.4, 0.5) is 0 Å². The summed E-state index contributed by atoms with van der Waals surface area (Å²) in [7, 11) is 7.94. The highest BCUT2D eigenvalue weighted by atomic mass is 32.1. The number of thiazole rings is 1. The zero-order valence-electron chi connectivity index (χ0n) is 52.4. The quantitative estimate of drug-likeness (QED) is 0.142. The van der Waals surface area contributed by atoms with E-state index in [4.69, 9.17) is 8.94 Å². The average molecular weight is 1100 g/mol. The first-order valence-electron chi connectivity index (χ1n) is 25.4. The molecule has 0 saturated heterocycles. The fraction of sp³-hybridized carbons (Fsp3) is 0.534. The van der Waals surface area contributed by atoms with Gasteiger partial charge in [-0.2, -0.15) is 24.0 Å². The van der Waals surface area contributed by atoms with Gasteiger partial charge in [0.15, 0.2) is 5.89 Å². The molecule has 0 saturated carbocycles. The molecule has 15 nitrogen and oxygen atoms in total. The van der Waals surface area contributed by atoms with Gasteiger partial charge in [-0.15, -0.1) is 11.3 Å². The van der Waals surface area contributed by atoms with Crippen molar-refractivity contribution < 1.29 is 8.94 Å². The number of rotatable bonds is 0. The van der Waals surface area contributed by atoms with E-state index in [9.17, 15) is 0 Å². The van der Waals surface area contributed by atoms with E-state index in [1.165, 1.54) is 87.3 Å². The first-order chi connectivity index (χ1) is 35.0. The molecule has 0 spiro atoms. The lowest BCUT2D eigenvalue weighted by Gasteiger charge is -1.94. The first kappa shape index (κ1) is 68.2. The number of aryl methyl sites for hydroxylation is 20. The highest BCUT2D eigenvalue weighted by Gasteiger charge is 2.05. The summed E-state index contributed by atoms with van der Waals surface area (Å²) in [5.74, 6) is 3.68. The second kappa shape index (κ2) is 31.4. The minimum atomic E-state index is 0.750. The first-order valence-corrected chi connectivity index (χ1v) is 27.8. The van der Waals surface area contributed by atoms with Crippen LogP contribution in [0.15, 0.2) is 8.94 Å². The zero-order valence-corrected chi connectivity index (χ0v) is 54.8. The van der Waals surface area contributed by atoms with Crippen LogP contribution in [0.1, 0.15) is 150 Å². The number of oxazole rings is 1. The number of hydrogen-bond donors (Lipinski definition) is 0. The zero-order chi connectivity index (χ0) is 58.8. The van der Waals surface area contributed by atoms with E-state index >= 15 is 0 Å². The van der Waals surface area contributed by atoms with Crippen LogP contribution in [0.5, 0.6) is 0 Å². The molecule has 0 bridgehead atoms. The third-order valence-electron chi connectivity index (χ3n) is 13.9. The van der Waals surface area contributed by atoms with E-state index in [2.05, 4.69) is 132 Å². The smallest absolute Gasteiger partial charge is 0.191 e. The summed E-state index contributed by atoms with van der Waals surface area (Å²) < 4.78 is 26.1. The molecule has 0 amide bonds. The molecule has 9 rings (SSSR count). The van der Waals surface area contributed by atoms with Crippen LogP contribution in [0.25, 0.3) is 0 Å². The van der Waals surface area contributed by atoms with Crippen molar-refractivity contribution in [1.29, 1.82) is 0 Å². The van der Waals surface area contributed by atoms with Crippen molar-refractivity contribution >= 4 is 34.4 Å². The Morgan fingerprint density at radius 1 is 0.342 bits per heavy atom. The maximum absolute atomic E-state index is 5.10. The Labute approximate surface area is 469 Å². The van der Waals surface area contributed by atoms with Gasteiger partial charge in [0, 0.05) is 78.1 Å². The molecular weight excluding hydrogens is 1010 g/mol. The van der Waals surface area contributed by atoms with Crippen molar-refractivity contribution in [2.24, 2.45) is 28.2 Å². The highest BCUT2D eigenvalue weighted by molar-refractivity contribution is 7.11. The number of imidazole rings is 1. The minimum Gasteiger partial charge on any atom is -0.446 e. The Morgan fingerprint density at radius 2 is 0.737 bits per heavy atom. The molecule has 0 aliphatic heterocycles. The predicted molar refractivity (Wildman–Crippen MR) is 320 cm³/mol. The second-order valence-electron chi connectivity index (χ2n) is 19.2. The van der Waals surface area contributed by atoms with Gasteiger partial charge in [-0.25, -0.2) is 15.0 Å². The molecular formula is C58H93N13O2S3. The van der Waals surface area contributed by atoms with E-state index in [0.717, 1.165) is 63.0 Å². The lowest BCUT2D eigenvalue weighted by atomic mass is 10.2. The van der Waals surface area contributed by atoms with Crippen LogP contribution in [0.3, 0.4) is 0 Å². The van der Waals surface area contributed by atoms with Gasteiger partial charge in [-0.3, -0.25) is 14.0 Å². The Hall–Kier alpha value is -5.85. The van der Waals surface area contributed by atoms with Gasteiger partial charge in [-0.05, 0) is 231 Å². The molecule has 9 aromatic rings. The molecule has 0 fully saturated rings. The molecule has 0 unspecified atom stereocenters. The maximum atomic E-state index is 5.10. The van der Waals surface area contributed by atoms with Gasteiger partial charge in [0.1, 0.15) is 17.3 Å². The minimum absolute atomic E-state index is 0.750.